The average molecular weight is 398 g/mol. The third-order valence-corrected chi connectivity index (χ3v) is 5.64. The second-order valence-electron chi connectivity index (χ2n) is 7.56. The number of hydrogen-bond acceptors (Lipinski definition) is 4. The Labute approximate surface area is 175 Å². The third-order valence-electron chi connectivity index (χ3n) is 5.64. The number of carbonyl (C=O) groups excluding carboxylic acids is 1. The minimum absolute atomic E-state index is 0.111. The number of furan rings is 2. The van der Waals surface area contributed by atoms with Crippen LogP contribution in [0.15, 0.2) is 92.7 Å². The molecule has 5 rings (SSSR count). The number of hydrazone groups is 1. The summed E-state index contributed by atoms with van der Waals surface area (Å²) in [4.78, 5) is 13.1. The fourth-order valence-corrected chi connectivity index (χ4v) is 4.27. The molecule has 0 spiro atoms. The molecule has 1 amide bonds. The van der Waals surface area contributed by atoms with Gasteiger partial charge in [-0.15, -0.1) is 0 Å². The van der Waals surface area contributed by atoms with E-state index in [2.05, 4.69) is 0 Å². The molecular formula is C25H22N2O3. The number of carbonyl (C=O) groups is 1. The van der Waals surface area contributed by atoms with Crippen LogP contribution in [0.2, 0.25) is 0 Å². The van der Waals surface area contributed by atoms with E-state index in [-0.39, 0.29) is 17.9 Å². The van der Waals surface area contributed by atoms with Gasteiger partial charge in [0.05, 0.1) is 18.2 Å². The number of fused-ring (bicyclic) bond motifs is 1. The van der Waals surface area contributed by atoms with Crippen LogP contribution < -0.4 is 0 Å². The zero-order chi connectivity index (χ0) is 20.3. The monoisotopic (exact) mass is 398 g/mol. The lowest BCUT2D eigenvalue weighted by Gasteiger charge is -2.27. The topological polar surface area (TPSA) is 59.0 Å². The van der Waals surface area contributed by atoms with E-state index in [0.29, 0.717) is 0 Å². The van der Waals surface area contributed by atoms with Crippen LogP contribution >= 0.6 is 0 Å². The summed E-state index contributed by atoms with van der Waals surface area (Å²) in [7, 11) is 0. The molecule has 0 radical (unpaired) electrons. The number of hydrogen-bond donors (Lipinski definition) is 0. The Bertz CT molecular complexity index is 1090. The highest BCUT2D eigenvalue weighted by molar-refractivity contribution is 6.08. The van der Waals surface area contributed by atoms with Crippen molar-refractivity contribution in [3.05, 3.63) is 95.9 Å². The molecule has 1 aliphatic heterocycles. The smallest absolute Gasteiger partial charge is 0.267 e. The van der Waals surface area contributed by atoms with Crippen molar-refractivity contribution >= 4 is 23.8 Å². The summed E-state index contributed by atoms with van der Waals surface area (Å²) in [6.07, 6.45) is 11.7. The second kappa shape index (κ2) is 8.03. The van der Waals surface area contributed by atoms with E-state index in [0.717, 1.165) is 47.6 Å². The van der Waals surface area contributed by atoms with Gasteiger partial charge in [0.2, 0.25) is 0 Å². The molecule has 2 aliphatic rings. The Morgan fingerprint density at radius 2 is 1.87 bits per heavy atom. The molecule has 150 valence electrons. The predicted octanol–water partition coefficient (Wildman–Crippen LogP) is 5.71. The van der Waals surface area contributed by atoms with Gasteiger partial charge in [-0.25, -0.2) is 5.01 Å². The van der Waals surface area contributed by atoms with Crippen molar-refractivity contribution in [3.63, 3.8) is 0 Å². The molecule has 2 atom stereocenters. The van der Waals surface area contributed by atoms with E-state index in [4.69, 9.17) is 13.9 Å². The molecule has 1 aliphatic carbocycles. The van der Waals surface area contributed by atoms with E-state index in [1.54, 1.807) is 23.6 Å². The molecule has 1 aromatic carbocycles. The van der Waals surface area contributed by atoms with Crippen molar-refractivity contribution < 1.29 is 13.6 Å². The van der Waals surface area contributed by atoms with Crippen molar-refractivity contribution in [2.75, 3.05) is 0 Å². The summed E-state index contributed by atoms with van der Waals surface area (Å²) in [5, 5.41) is 6.38. The lowest BCUT2D eigenvalue weighted by Crippen LogP contribution is -2.30. The molecule has 2 aromatic heterocycles. The summed E-state index contributed by atoms with van der Waals surface area (Å²) in [6, 6.07) is 17.1. The van der Waals surface area contributed by atoms with Crippen LogP contribution in [0.5, 0.6) is 0 Å². The Balaban J connectivity index is 1.49. The normalized spacial score (nSPS) is 22.5. The summed E-state index contributed by atoms with van der Waals surface area (Å²) >= 11 is 0. The van der Waals surface area contributed by atoms with Crippen LogP contribution in [-0.4, -0.2) is 16.6 Å². The van der Waals surface area contributed by atoms with E-state index < -0.39 is 0 Å². The molecule has 3 aromatic rings. The molecule has 0 unspecified atom stereocenters. The molecule has 1 fully saturated rings. The van der Waals surface area contributed by atoms with Gasteiger partial charge in [0, 0.05) is 12.0 Å². The van der Waals surface area contributed by atoms with Gasteiger partial charge in [0.25, 0.3) is 5.91 Å². The minimum Gasteiger partial charge on any atom is -0.467 e. The summed E-state index contributed by atoms with van der Waals surface area (Å²) < 4.78 is 11.2. The largest absolute Gasteiger partial charge is 0.467 e. The maximum Gasteiger partial charge on any atom is 0.267 e. The van der Waals surface area contributed by atoms with Gasteiger partial charge in [0.1, 0.15) is 17.6 Å². The van der Waals surface area contributed by atoms with E-state index in [9.17, 15) is 4.79 Å². The molecule has 5 heteroatoms. The van der Waals surface area contributed by atoms with Crippen molar-refractivity contribution in [2.24, 2.45) is 11.0 Å². The highest BCUT2D eigenvalue weighted by atomic mass is 16.3. The lowest BCUT2D eigenvalue weighted by atomic mass is 9.79. The van der Waals surface area contributed by atoms with Crippen molar-refractivity contribution in [3.8, 4) is 0 Å². The quantitative estimate of drug-likeness (QED) is 0.529. The first-order valence-corrected chi connectivity index (χ1v) is 10.2. The van der Waals surface area contributed by atoms with E-state index in [1.807, 2.05) is 66.7 Å². The number of amides is 1. The molecule has 0 N–H and O–H groups in total. The van der Waals surface area contributed by atoms with Crippen LogP contribution in [0.4, 0.5) is 0 Å². The molecule has 30 heavy (non-hydrogen) atoms. The summed E-state index contributed by atoms with van der Waals surface area (Å²) in [6.45, 7) is 0. The van der Waals surface area contributed by atoms with Crippen LogP contribution in [0.1, 0.15) is 42.4 Å². The van der Waals surface area contributed by atoms with E-state index in [1.165, 1.54) is 0 Å². The van der Waals surface area contributed by atoms with Crippen molar-refractivity contribution in [1.29, 1.82) is 0 Å². The molecular weight excluding hydrogens is 376 g/mol. The number of rotatable bonds is 4. The first-order chi connectivity index (χ1) is 14.8. The third kappa shape index (κ3) is 3.54. The molecule has 0 bridgehead atoms. The van der Waals surface area contributed by atoms with Crippen LogP contribution in [-0.2, 0) is 4.79 Å². The van der Waals surface area contributed by atoms with Crippen LogP contribution in [0.25, 0.3) is 12.2 Å². The van der Waals surface area contributed by atoms with Gasteiger partial charge in [-0.2, -0.15) is 5.10 Å². The fourth-order valence-electron chi connectivity index (χ4n) is 4.27. The molecule has 3 heterocycles. The second-order valence-corrected chi connectivity index (χ2v) is 7.56. The highest BCUT2D eigenvalue weighted by Crippen LogP contribution is 2.44. The summed E-state index contributed by atoms with van der Waals surface area (Å²) in [5.41, 5.74) is 3.06. The zero-order valence-electron chi connectivity index (χ0n) is 16.5. The van der Waals surface area contributed by atoms with Gasteiger partial charge in [-0.05, 0) is 66.8 Å². The average Bonchev–Trinajstić information content (AvgIpc) is 3.53. The highest BCUT2D eigenvalue weighted by Gasteiger charge is 2.44. The van der Waals surface area contributed by atoms with Gasteiger partial charge in [-0.1, -0.05) is 30.3 Å². The Hall–Kier alpha value is -3.60. The maximum atomic E-state index is 13.1. The van der Waals surface area contributed by atoms with Gasteiger partial charge in [0.15, 0.2) is 0 Å². The van der Waals surface area contributed by atoms with Crippen LogP contribution in [0, 0.1) is 5.92 Å². The number of allylic oxidation sites excluding steroid dienone is 1. The Morgan fingerprint density at radius 1 is 1.03 bits per heavy atom. The van der Waals surface area contributed by atoms with Gasteiger partial charge < -0.3 is 8.83 Å². The fraction of sp³-hybridized carbons (Fsp3) is 0.200. The van der Waals surface area contributed by atoms with Gasteiger partial charge >= 0.3 is 0 Å². The Morgan fingerprint density at radius 3 is 2.63 bits per heavy atom. The van der Waals surface area contributed by atoms with Crippen molar-refractivity contribution in [1.82, 2.24) is 5.01 Å². The predicted molar refractivity (Wildman–Crippen MR) is 115 cm³/mol. The van der Waals surface area contributed by atoms with Crippen LogP contribution in [0.3, 0.4) is 0 Å². The standard InChI is InChI=1S/C25H22N2O3/c28-23(14-13-18-7-2-1-3-8-18)27-25(22-12-6-16-30-22)21-11-4-9-19(24(21)26-27)17-20-10-5-15-29-20/h1-3,5-8,10,12-17,21,25H,4,9,11H2/b14-13+,19-17+/t21-,25-/m1/s1. The molecule has 5 nitrogen and oxygen atoms in total. The molecule has 0 saturated heterocycles. The van der Waals surface area contributed by atoms with E-state index >= 15 is 0 Å². The number of nitrogens with zero attached hydrogens (tertiary/aromatic N) is 2. The first kappa shape index (κ1) is 18.4. The lowest BCUT2D eigenvalue weighted by molar-refractivity contribution is -0.128. The Kier molecular flexibility index (Phi) is 4.93. The SMILES string of the molecule is O=C(/C=C/c1ccccc1)N1N=C2/C(=C/c3ccco3)CCC[C@H]2[C@@H]1c1ccco1. The maximum absolute atomic E-state index is 13.1. The number of benzene rings is 1. The first-order valence-electron chi connectivity index (χ1n) is 10.2. The zero-order valence-corrected chi connectivity index (χ0v) is 16.5. The minimum atomic E-state index is -0.233. The molecule has 1 saturated carbocycles. The van der Waals surface area contributed by atoms with Crippen molar-refractivity contribution in [2.45, 2.75) is 25.3 Å². The summed E-state index contributed by atoms with van der Waals surface area (Å²) in [5.74, 6) is 1.52. The van der Waals surface area contributed by atoms with Gasteiger partial charge in [-0.3, -0.25) is 4.79 Å².